The van der Waals surface area contributed by atoms with Crippen molar-refractivity contribution >= 4 is 33.5 Å². The highest BCUT2D eigenvalue weighted by molar-refractivity contribution is 7.89. The highest BCUT2D eigenvalue weighted by Gasteiger charge is 2.26. The van der Waals surface area contributed by atoms with Crippen LogP contribution in [0.25, 0.3) is 0 Å². The molecule has 1 fully saturated rings. The van der Waals surface area contributed by atoms with Gasteiger partial charge in [0.15, 0.2) is 6.61 Å². The number of ether oxygens (including phenoxy) is 1. The molecule has 0 atom stereocenters. The minimum Gasteiger partial charge on any atom is -0.452 e. The first-order valence-electron chi connectivity index (χ1n) is 10.6. The van der Waals surface area contributed by atoms with E-state index in [9.17, 15) is 22.8 Å². The maximum Gasteiger partial charge on any atom is 0.338 e. The Kier molecular flexibility index (Phi) is 7.83. The van der Waals surface area contributed by atoms with E-state index in [0.717, 1.165) is 19.3 Å². The van der Waals surface area contributed by atoms with Gasteiger partial charge in [-0.2, -0.15) is 4.31 Å². The molecule has 0 saturated carbocycles. The van der Waals surface area contributed by atoms with Crippen LogP contribution in [0.5, 0.6) is 0 Å². The van der Waals surface area contributed by atoms with Crippen molar-refractivity contribution in [2.45, 2.75) is 24.2 Å². The van der Waals surface area contributed by atoms with Gasteiger partial charge in [-0.25, -0.2) is 13.2 Å². The highest BCUT2D eigenvalue weighted by atomic mass is 32.2. The molecule has 0 spiro atoms. The summed E-state index contributed by atoms with van der Waals surface area (Å²) in [5.74, 6) is -1.44. The maximum absolute atomic E-state index is 12.7. The second-order valence-corrected chi connectivity index (χ2v) is 9.83. The molecule has 10 heteroatoms. The van der Waals surface area contributed by atoms with E-state index in [1.54, 1.807) is 38.4 Å². The lowest BCUT2D eigenvalue weighted by Crippen LogP contribution is -2.35. The van der Waals surface area contributed by atoms with Crippen LogP contribution < -0.4 is 5.32 Å². The standard InChI is InChI=1S/C23H27N3O6S/c1-25(2)22(28)17-6-10-19(11-7-17)24-21(27)16-32-23(29)18-8-12-20(13-9-18)33(30,31)26-14-4-3-5-15-26/h6-13H,3-5,14-16H2,1-2H3,(H,24,27). The van der Waals surface area contributed by atoms with E-state index in [2.05, 4.69) is 5.32 Å². The van der Waals surface area contributed by atoms with Gasteiger partial charge >= 0.3 is 5.97 Å². The molecule has 3 rings (SSSR count). The minimum absolute atomic E-state index is 0.120. The van der Waals surface area contributed by atoms with Crippen molar-refractivity contribution in [1.82, 2.24) is 9.21 Å². The molecule has 0 radical (unpaired) electrons. The molecular formula is C23H27N3O6S. The van der Waals surface area contributed by atoms with E-state index < -0.39 is 28.5 Å². The summed E-state index contributed by atoms with van der Waals surface area (Å²) in [5, 5.41) is 2.58. The van der Waals surface area contributed by atoms with Crippen molar-refractivity contribution in [2.75, 3.05) is 39.1 Å². The lowest BCUT2D eigenvalue weighted by molar-refractivity contribution is -0.119. The second-order valence-electron chi connectivity index (χ2n) is 7.89. The molecule has 176 valence electrons. The lowest BCUT2D eigenvalue weighted by atomic mass is 10.2. The first kappa shape index (κ1) is 24.4. The van der Waals surface area contributed by atoms with Gasteiger partial charge in [-0.3, -0.25) is 9.59 Å². The number of nitrogens with one attached hydrogen (secondary N) is 1. The van der Waals surface area contributed by atoms with Crippen LogP contribution in [-0.2, 0) is 19.6 Å². The van der Waals surface area contributed by atoms with Crippen LogP contribution in [0, 0.1) is 0 Å². The number of esters is 1. The zero-order chi connectivity index (χ0) is 24.0. The number of hydrogen-bond acceptors (Lipinski definition) is 6. The molecule has 1 saturated heterocycles. The van der Waals surface area contributed by atoms with Crippen LogP contribution in [0.2, 0.25) is 0 Å². The van der Waals surface area contributed by atoms with E-state index in [1.165, 1.54) is 33.5 Å². The molecule has 0 aliphatic carbocycles. The number of piperidine rings is 1. The van der Waals surface area contributed by atoms with Crippen molar-refractivity contribution in [3.05, 3.63) is 59.7 Å². The number of anilines is 1. The van der Waals surface area contributed by atoms with E-state index >= 15 is 0 Å². The van der Waals surface area contributed by atoms with Crippen molar-refractivity contribution < 1.29 is 27.5 Å². The molecule has 1 aliphatic heterocycles. The zero-order valence-electron chi connectivity index (χ0n) is 18.6. The largest absolute Gasteiger partial charge is 0.452 e. The molecular weight excluding hydrogens is 446 g/mol. The Hall–Kier alpha value is -3.24. The van der Waals surface area contributed by atoms with E-state index in [1.807, 2.05) is 0 Å². The van der Waals surface area contributed by atoms with Gasteiger partial charge in [-0.15, -0.1) is 0 Å². The first-order chi connectivity index (χ1) is 15.7. The Balaban J connectivity index is 1.53. The van der Waals surface area contributed by atoms with Crippen molar-refractivity contribution in [3.8, 4) is 0 Å². The number of carbonyl (C=O) groups is 3. The monoisotopic (exact) mass is 473 g/mol. The molecule has 2 amide bonds. The predicted molar refractivity (Wildman–Crippen MR) is 122 cm³/mol. The lowest BCUT2D eigenvalue weighted by Gasteiger charge is -2.25. The third kappa shape index (κ3) is 6.17. The number of nitrogens with zero attached hydrogens (tertiary/aromatic N) is 2. The Bertz CT molecular complexity index is 1110. The summed E-state index contributed by atoms with van der Waals surface area (Å²) in [6.45, 7) is 0.483. The number of rotatable bonds is 7. The molecule has 0 bridgehead atoms. The number of benzene rings is 2. The van der Waals surface area contributed by atoms with Crippen LogP contribution >= 0.6 is 0 Å². The number of sulfonamides is 1. The molecule has 1 aliphatic rings. The summed E-state index contributed by atoms with van der Waals surface area (Å²) in [6.07, 6.45) is 2.69. The third-order valence-corrected chi connectivity index (χ3v) is 7.11. The molecule has 0 unspecified atom stereocenters. The molecule has 2 aromatic carbocycles. The topological polar surface area (TPSA) is 113 Å². The van der Waals surface area contributed by atoms with Gasteiger partial charge in [0.2, 0.25) is 10.0 Å². The van der Waals surface area contributed by atoms with Crippen LogP contribution in [0.3, 0.4) is 0 Å². The molecule has 1 N–H and O–H groups in total. The molecule has 0 aromatic heterocycles. The summed E-state index contributed by atoms with van der Waals surface area (Å²) in [4.78, 5) is 37.8. The summed E-state index contributed by atoms with van der Waals surface area (Å²) in [5.41, 5.74) is 1.08. The zero-order valence-corrected chi connectivity index (χ0v) is 19.4. The number of hydrogen-bond donors (Lipinski definition) is 1. The fraction of sp³-hybridized carbons (Fsp3) is 0.348. The predicted octanol–water partition coefficient (Wildman–Crippen LogP) is 2.36. The quantitative estimate of drug-likeness (QED) is 0.618. The summed E-state index contributed by atoms with van der Waals surface area (Å²) in [6, 6.07) is 11.8. The summed E-state index contributed by atoms with van der Waals surface area (Å²) < 4.78 is 31.8. The molecule has 33 heavy (non-hydrogen) atoms. The van der Waals surface area contributed by atoms with Crippen LogP contribution in [0.4, 0.5) is 5.69 Å². The molecule has 9 nitrogen and oxygen atoms in total. The first-order valence-corrected chi connectivity index (χ1v) is 12.0. The third-order valence-electron chi connectivity index (χ3n) is 5.20. The maximum atomic E-state index is 12.7. The Morgan fingerprint density at radius 1 is 0.909 bits per heavy atom. The van der Waals surface area contributed by atoms with Crippen LogP contribution in [0.1, 0.15) is 40.0 Å². The minimum atomic E-state index is -3.58. The van der Waals surface area contributed by atoms with Crippen LogP contribution in [-0.4, -0.2) is 69.2 Å². The average molecular weight is 474 g/mol. The van der Waals surface area contributed by atoms with Gasteiger partial charge in [0.1, 0.15) is 0 Å². The SMILES string of the molecule is CN(C)C(=O)c1ccc(NC(=O)COC(=O)c2ccc(S(=O)(=O)N3CCCCC3)cc2)cc1. The molecule has 2 aromatic rings. The summed E-state index contributed by atoms with van der Waals surface area (Å²) >= 11 is 0. The smallest absolute Gasteiger partial charge is 0.338 e. The Labute approximate surface area is 193 Å². The van der Waals surface area contributed by atoms with Gasteiger partial charge in [0.05, 0.1) is 10.5 Å². The van der Waals surface area contributed by atoms with E-state index in [0.29, 0.717) is 24.3 Å². The second kappa shape index (κ2) is 10.6. The van der Waals surface area contributed by atoms with Crippen molar-refractivity contribution in [1.29, 1.82) is 0 Å². The number of carbonyl (C=O) groups excluding carboxylic acids is 3. The van der Waals surface area contributed by atoms with Gasteiger partial charge in [-0.05, 0) is 61.4 Å². The van der Waals surface area contributed by atoms with Gasteiger partial charge < -0.3 is 15.0 Å². The van der Waals surface area contributed by atoms with Crippen molar-refractivity contribution in [2.24, 2.45) is 0 Å². The fourth-order valence-corrected chi connectivity index (χ4v) is 4.90. The van der Waals surface area contributed by atoms with Gasteiger partial charge in [0.25, 0.3) is 11.8 Å². The van der Waals surface area contributed by atoms with Gasteiger partial charge in [-0.1, -0.05) is 6.42 Å². The van der Waals surface area contributed by atoms with Gasteiger partial charge in [0, 0.05) is 38.4 Å². The van der Waals surface area contributed by atoms with Crippen LogP contribution in [0.15, 0.2) is 53.4 Å². The normalized spacial score (nSPS) is 14.4. The molecule has 1 heterocycles. The summed E-state index contributed by atoms with van der Waals surface area (Å²) in [7, 11) is -0.292. The Morgan fingerprint density at radius 2 is 1.48 bits per heavy atom. The average Bonchev–Trinajstić information content (AvgIpc) is 2.83. The number of amides is 2. The highest BCUT2D eigenvalue weighted by Crippen LogP contribution is 2.21. The fourth-order valence-electron chi connectivity index (χ4n) is 3.38. The van der Waals surface area contributed by atoms with Crippen molar-refractivity contribution in [3.63, 3.8) is 0 Å². The Morgan fingerprint density at radius 3 is 2.06 bits per heavy atom. The van der Waals surface area contributed by atoms with E-state index in [4.69, 9.17) is 4.74 Å². The van der Waals surface area contributed by atoms with E-state index in [-0.39, 0.29) is 16.4 Å².